The van der Waals surface area contributed by atoms with Crippen LogP contribution in [0.15, 0.2) is 0 Å². The summed E-state index contributed by atoms with van der Waals surface area (Å²) in [7, 11) is 0. The topological polar surface area (TPSA) is 58.6 Å². The highest BCUT2D eigenvalue weighted by molar-refractivity contribution is 5.69. The summed E-state index contributed by atoms with van der Waals surface area (Å²) in [6.45, 7) is 4.38. The molecular formula is C11H23NO3. The van der Waals surface area contributed by atoms with E-state index in [0.29, 0.717) is 13.0 Å². The van der Waals surface area contributed by atoms with Crippen LogP contribution in [0.3, 0.4) is 0 Å². The van der Waals surface area contributed by atoms with Crippen LogP contribution in [0.25, 0.3) is 0 Å². The number of nitrogens with one attached hydrogen (secondary N) is 1. The highest BCUT2D eigenvalue weighted by Gasteiger charge is 1.99. The maximum absolute atomic E-state index is 10.9. The number of aliphatic hydroxyl groups is 1. The average molecular weight is 217 g/mol. The largest absolute Gasteiger partial charge is 0.466 e. The fourth-order valence-electron chi connectivity index (χ4n) is 1.25. The van der Waals surface area contributed by atoms with Gasteiger partial charge < -0.3 is 15.2 Å². The molecule has 0 fully saturated rings. The lowest BCUT2D eigenvalue weighted by atomic mass is 10.2. The minimum Gasteiger partial charge on any atom is -0.466 e. The molecule has 15 heavy (non-hydrogen) atoms. The first-order chi connectivity index (χ1) is 7.31. The van der Waals surface area contributed by atoms with Crippen molar-refractivity contribution >= 4 is 5.97 Å². The number of carbonyl (C=O) groups is 1. The van der Waals surface area contributed by atoms with Gasteiger partial charge in [0, 0.05) is 13.0 Å². The van der Waals surface area contributed by atoms with Crippen molar-refractivity contribution < 1.29 is 14.6 Å². The molecule has 0 aromatic rings. The van der Waals surface area contributed by atoms with Crippen molar-refractivity contribution in [2.24, 2.45) is 0 Å². The van der Waals surface area contributed by atoms with Crippen molar-refractivity contribution in [1.82, 2.24) is 5.32 Å². The number of ether oxygens (including phenoxy) is 1. The van der Waals surface area contributed by atoms with E-state index in [0.717, 1.165) is 38.8 Å². The van der Waals surface area contributed by atoms with Gasteiger partial charge in [0.1, 0.15) is 0 Å². The molecule has 0 aliphatic carbocycles. The summed E-state index contributed by atoms with van der Waals surface area (Å²) in [5, 5.41) is 11.8. The highest BCUT2D eigenvalue weighted by atomic mass is 16.5. The Balaban J connectivity index is 3.01. The predicted molar refractivity (Wildman–Crippen MR) is 59.7 cm³/mol. The first kappa shape index (κ1) is 14.4. The molecular weight excluding hydrogens is 194 g/mol. The number of hydrogen-bond donors (Lipinski definition) is 2. The smallest absolute Gasteiger partial charge is 0.305 e. The van der Waals surface area contributed by atoms with Crippen molar-refractivity contribution in [2.75, 3.05) is 26.3 Å². The van der Waals surface area contributed by atoms with Crippen LogP contribution in [0.4, 0.5) is 0 Å². The molecule has 0 aliphatic heterocycles. The Morgan fingerprint density at radius 3 is 2.60 bits per heavy atom. The van der Waals surface area contributed by atoms with E-state index >= 15 is 0 Å². The second-order valence-electron chi connectivity index (χ2n) is 3.44. The zero-order valence-corrected chi connectivity index (χ0v) is 9.63. The summed E-state index contributed by atoms with van der Waals surface area (Å²) in [6, 6.07) is 0. The fraction of sp³-hybridized carbons (Fsp3) is 0.909. The number of rotatable bonds is 10. The van der Waals surface area contributed by atoms with Crippen molar-refractivity contribution in [3.63, 3.8) is 0 Å². The van der Waals surface area contributed by atoms with E-state index in [4.69, 9.17) is 9.84 Å². The van der Waals surface area contributed by atoms with E-state index in [1.165, 1.54) is 0 Å². The van der Waals surface area contributed by atoms with Crippen LogP contribution < -0.4 is 5.32 Å². The zero-order valence-electron chi connectivity index (χ0n) is 9.63. The molecule has 0 aliphatic rings. The molecule has 0 amide bonds. The Bertz CT molecular complexity index is 151. The summed E-state index contributed by atoms with van der Waals surface area (Å²) >= 11 is 0. The maximum Gasteiger partial charge on any atom is 0.305 e. The summed E-state index contributed by atoms with van der Waals surface area (Å²) < 4.78 is 4.81. The Kier molecular flexibility index (Phi) is 11.0. The van der Waals surface area contributed by atoms with Gasteiger partial charge in [0.2, 0.25) is 0 Å². The summed E-state index contributed by atoms with van der Waals surface area (Å²) in [5.74, 6) is -0.111. The van der Waals surface area contributed by atoms with Crippen LogP contribution in [0.2, 0.25) is 0 Å². The molecule has 0 aromatic heterocycles. The number of aliphatic hydroxyl groups excluding tert-OH is 1. The van der Waals surface area contributed by atoms with E-state index in [2.05, 4.69) is 5.32 Å². The Labute approximate surface area is 92.0 Å². The third-order valence-corrected chi connectivity index (χ3v) is 2.05. The molecule has 0 radical (unpaired) electrons. The first-order valence-corrected chi connectivity index (χ1v) is 5.78. The maximum atomic E-state index is 10.9. The zero-order chi connectivity index (χ0) is 11.4. The Hall–Kier alpha value is -0.610. The molecule has 0 rings (SSSR count). The van der Waals surface area contributed by atoms with E-state index < -0.39 is 0 Å². The van der Waals surface area contributed by atoms with E-state index in [1.807, 2.05) is 6.92 Å². The van der Waals surface area contributed by atoms with Gasteiger partial charge in [-0.15, -0.1) is 0 Å². The van der Waals surface area contributed by atoms with Crippen molar-refractivity contribution in [1.29, 1.82) is 0 Å². The molecule has 90 valence electrons. The number of carbonyl (C=O) groups excluding carboxylic acids is 1. The molecule has 0 unspecified atom stereocenters. The Morgan fingerprint density at radius 2 is 1.93 bits per heavy atom. The summed E-state index contributed by atoms with van der Waals surface area (Å²) in [6.07, 6.45) is 4.35. The van der Waals surface area contributed by atoms with Gasteiger partial charge in [-0.3, -0.25) is 4.79 Å². The second kappa shape index (κ2) is 11.5. The van der Waals surface area contributed by atoms with Gasteiger partial charge in [-0.1, -0.05) is 0 Å². The second-order valence-corrected chi connectivity index (χ2v) is 3.44. The molecule has 0 bridgehead atoms. The number of esters is 1. The van der Waals surface area contributed by atoms with Crippen LogP contribution in [0, 0.1) is 0 Å². The quantitative estimate of drug-likeness (QED) is 0.425. The minimum atomic E-state index is -0.111. The molecule has 4 heteroatoms. The van der Waals surface area contributed by atoms with E-state index in [9.17, 15) is 4.79 Å². The predicted octanol–water partition coefficient (Wildman–Crippen LogP) is 1.08. The number of hydrogen-bond acceptors (Lipinski definition) is 4. The molecule has 0 heterocycles. The third-order valence-electron chi connectivity index (χ3n) is 2.05. The van der Waals surface area contributed by atoms with E-state index in [-0.39, 0.29) is 12.6 Å². The molecule has 0 spiro atoms. The summed E-state index contributed by atoms with van der Waals surface area (Å²) in [4.78, 5) is 10.9. The van der Waals surface area contributed by atoms with Crippen LogP contribution in [-0.2, 0) is 9.53 Å². The van der Waals surface area contributed by atoms with Crippen LogP contribution in [-0.4, -0.2) is 37.4 Å². The highest BCUT2D eigenvalue weighted by Crippen LogP contribution is 1.94. The van der Waals surface area contributed by atoms with Crippen LogP contribution >= 0.6 is 0 Å². The average Bonchev–Trinajstić information content (AvgIpc) is 2.22. The molecule has 4 nitrogen and oxygen atoms in total. The van der Waals surface area contributed by atoms with Gasteiger partial charge >= 0.3 is 5.97 Å². The lowest BCUT2D eigenvalue weighted by Gasteiger charge is -2.04. The van der Waals surface area contributed by atoms with Crippen molar-refractivity contribution in [3.05, 3.63) is 0 Å². The lowest BCUT2D eigenvalue weighted by Crippen LogP contribution is -2.18. The SMILES string of the molecule is CCOC(=O)CCCNCCCCCO. The summed E-state index contributed by atoms with van der Waals surface area (Å²) in [5.41, 5.74) is 0. The minimum absolute atomic E-state index is 0.111. The van der Waals surface area contributed by atoms with Gasteiger partial charge in [0.25, 0.3) is 0 Å². The van der Waals surface area contributed by atoms with E-state index in [1.54, 1.807) is 0 Å². The number of unbranched alkanes of at least 4 members (excludes halogenated alkanes) is 2. The standard InChI is InChI=1S/C11H23NO3/c1-2-15-11(14)7-6-9-12-8-4-3-5-10-13/h12-13H,2-10H2,1H3. The fourth-order valence-corrected chi connectivity index (χ4v) is 1.25. The van der Waals surface area contributed by atoms with Crippen LogP contribution in [0.5, 0.6) is 0 Å². The van der Waals surface area contributed by atoms with Gasteiger partial charge in [0.15, 0.2) is 0 Å². The van der Waals surface area contributed by atoms with Gasteiger partial charge in [-0.25, -0.2) is 0 Å². The molecule has 2 N–H and O–H groups in total. The monoisotopic (exact) mass is 217 g/mol. The van der Waals surface area contributed by atoms with Crippen LogP contribution in [0.1, 0.15) is 39.0 Å². The molecule has 0 aromatic carbocycles. The van der Waals surface area contributed by atoms with Gasteiger partial charge in [-0.05, 0) is 45.7 Å². The first-order valence-electron chi connectivity index (χ1n) is 5.78. The third kappa shape index (κ3) is 11.3. The molecule has 0 atom stereocenters. The Morgan fingerprint density at radius 1 is 1.20 bits per heavy atom. The van der Waals surface area contributed by atoms with Crippen molar-refractivity contribution in [2.45, 2.75) is 39.0 Å². The lowest BCUT2D eigenvalue weighted by molar-refractivity contribution is -0.143. The normalized spacial score (nSPS) is 10.3. The van der Waals surface area contributed by atoms with Gasteiger partial charge in [0.05, 0.1) is 6.61 Å². The van der Waals surface area contributed by atoms with Gasteiger partial charge in [-0.2, -0.15) is 0 Å². The van der Waals surface area contributed by atoms with Crippen molar-refractivity contribution in [3.8, 4) is 0 Å². The molecule has 0 saturated heterocycles. The molecule has 0 saturated carbocycles.